The van der Waals surface area contributed by atoms with Crippen LogP contribution in [0.3, 0.4) is 0 Å². The molecule has 3 rings (SSSR count). The topological polar surface area (TPSA) is 31.2 Å². The van der Waals surface area contributed by atoms with Gasteiger partial charge >= 0.3 is 0 Å². The van der Waals surface area contributed by atoms with Gasteiger partial charge in [-0.05, 0) is 18.2 Å². The van der Waals surface area contributed by atoms with Crippen LogP contribution in [0.15, 0.2) is 36.4 Å². The van der Waals surface area contributed by atoms with Gasteiger partial charge in [0.25, 0.3) is 0 Å². The number of aromatic nitrogens is 1. The quantitative estimate of drug-likeness (QED) is 0.643. The van der Waals surface area contributed by atoms with Crippen molar-refractivity contribution in [3.8, 4) is 5.75 Å². The maximum atomic E-state index is 11.0. The molecule has 0 N–H and O–H groups in total. The Kier molecular flexibility index (Phi) is 2.33. The molecule has 1 aromatic heterocycles. The summed E-state index contributed by atoms with van der Waals surface area (Å²) in [7, 11) is 3.63. The fraction of sp³-hybridized carbons (Fsp3) is 0.133. The van der Waals surface area contributed by atoms with E-state index in [-0.39, 0.29) is 0 Å². The zero-order chi connectivity index (χ0) is 12.7. The van der Waals surface area contributed by atoms with Crippen molar-refractivity contribution < 1.29 is 9.53 Å². The number of carbonyl (C=O) groups is 1. The van der Waals surface area contributed by atoms with Crippen LogP contribution < -0.4 is 4.74 Å². The van der Waals surface area contributed by atoms with Gasteiger partial charge in [0, 0.05) is 28.9 Å². The lowest BCUT2D eigenvalue weighted by Gasteiger charge is -2.05. The predicted molar refractivity (Wildman–Crippen MR) is 72.4 cm³/mol. The number of aldehydes is 1. The first-order valence-corrected chi connectivity index (χ1v) is 5.76. The van der Waals surface area contributed by atoms with E-state index in [0.717, 1.165) is 33.8 Å². The number of fused-ring (bicyclic) bond motifs is 3. The zero-order valence-corrected chi connectivity index (χ0v) is 10.3. The molecule has 0 radical (unpaired) electrons. The molecule has 3 aromatic rings. The first-order chi connectivity index (χ1) is 8.76. The van der Waals surface area contributed by atoms with Gasteiger partial charge in [0.2, 0.25) is 0 Å². The van der Waals surface area contributed by atoms with Crippen molar-refractivity contribution in [2.75, 3.05) is 7.11 Å². The molecular weight excluding hydrogens is 226 g/mol. The van der Waals surface area contributed by atoms with Crippen LogP contribution in [0.4, 0.5) is 0 Å². The molecule has 3 nitrogen and oxygen atoms in total. The summed E-state index contributed by atoms with van der Waals surface area (Å²) < 4.78 is 7.50. The Labute approximate surface area is 105 Å². The maximum absolute atomic E-state index is 11.0. The molecule has 0 unspecified atom stereocenters. The van der Waals surface area contributed by atoms with Crippen molar-refractivity contribution in [2.45, 2.75) is 0 Å². The zero-order valence-electron chi connectivity index (χ0n) is 10.3. The van der Waals surface area contributed by atoms with E-state index < -0.39 is 0 Å². The lowest BCUT2D eigenvalue weighted by atomic mass is 10.1. The number of aryl methyl sites for hydroxylation is 1. The van der Waals surface area contributed by atoms with Crippen molar-refractivity contribution in [1.82, 2.24) is 4.57 Å². The number of hydrogen-bond acceptors (Lipinski definition) is 2. The van der Waals surface area contributed by atoms with Gasteiger partial charge in [0.05, 0.1) is 12.6 Å². The van der Waals surface area contributed by atoms with Gasteiger partial charge < -0.3 is 9.30 Å². The fourth-order valence-corrected chi connectivity index (χ4v) is 2.52. The Balaban J connectivity index is 2.58. The van der Waals surface area contributed by atoms with Gasteiger partial charge in [-0.15, -0.1) is 0 Å². The summed E-state index contributed by atoms with van der Waals surface area (Å²) in [4.78, 5) is 11.0. The Morgan fingerprint density at radius 1 is 1.17 bits per heavy atom. The molecule has 1 heterocycles. The number of rotatable bonds is 2. The summed E-state index contributed by atoms with van der Waals surface area (Å²) in [5.74, 6) is 0.730. The number of ether oxygens (including phenoxy) is 1. The van der Waals surface area contributed by atoms with Crippen LogP contribution in [0.2, 0.25) is 0 Å². The Morgan fingerprint density at radius 3 is 2.67 bits per heavy atom. The van der Waals surface area contributed by atoms with Crippen molar-refractivity contribution in [1.29, 1.82) is 0 Å². The van der Waals surface area contributed by atoms with Crippen LogP contribution in [0.25, 0.3) is 21.8 Å². The lowest BCUT2D eigenvalue weighted by Crippen LogP contribution is -1.92. The summed E-state index contributed by atoms with van der Waals surface area (Å²) in [6.45, 7) is 0. The standard InChI is InChI=1S/C15H13NO2/c1-16-13-6-4-3-5-11(13)12-7-10(9-17)8-14(18-2)15(12)16/h3-9H,1-2H3. The van der Waals surface area contributed by atoms with Crippen LogP contribution >= 0.6 is 0 Å². The summed E-state index contributed by atoms with van der Waals surface area (Å²) in [6.07, 6.45) is 0.851. The molecule has 18 heavy (non-hydrogen) atoms. The van der Waals surface area contributed by atoms with Gasteiger partial charge in [-0.1, -0.05) is 18.2 Å². The summed E-state index contributed by atoms with van der Waals surface area (Å²) in [5, 5.41) is 2.19. The van der Waals surface area contributed by atoms with Crippen LogP contribution in [0, 0.1) is 0 Å². The van der Waals surface area contributed by atoms with Crippen LogP contribution in [0.5, 0.6) is 5.75 Å². The monoisotopic (exact) mass is 239 g/mol. The molecule has 0 atom stereocenters. The molecule has 0 bridgehead atoms. The third kappa shape index (κ3) is 1.34. The van der Waals surface area contributed by atoms with Crippen LogP contribution in [-0.4, -0.2) is 18.0 Å². The van der Waals surface area contributed by atoms with Gasteiger partial charge in [-0.2, -0.15) is 0 Å². The minimum Gasteiger partial charge on any atom is -0.495 e. The third-order valence-corrected chi connectivity index (χ3v) is 3.34. The largest absolute Gasteiger partial charge is 0.495 e. The summed E-state index contributed by atoms with van der Waals surface area (Å²) >= 11 is 0. The average molecular weight is 239 g/mol. The highest BCUT2D eigenvalue weighted by atomic mass is 16.5. The van der Waals surface area contributed by atoms with E-state index in [9.17, 15) is 4.79 Å². The first-order valence-electron chi connectivity index (χ1n) is 5.76. The van der Waals surface area contributed by atoms with Gasteiger partial charge in [-0.25, -0.2) is 0 Å². The minimum absolute atomic E-state index is 0.635. The maximum Gasteiger partial charge on any atom is 0.150 e. The van der Waals surface area contributed by atoms with E-state index in [2.05, 4.69) is 16.7 Å². The second kappa shape index (κ2) is 3.88. The molecule has 0 spiro atoms. The molecule has 3 heteroatoms. The smallest absolute Gasteiger partial charge is 0.150 e. The molecule has 0 aliphatic carbocycles. The van der Waals surface area contributed by atoms with E-state index in [4.69, 9.17) is 4.74 Å². The summed E-state index contributed by atoms with van der Waals surface area (Å²) in [6, 6.07) is 11.8. The van der Waals surface area contributed by atoms with E-state index in [1.54, 1.807) is 13.2 Å². The Hall–Kier alpha value is -2.29. The second-order valence-electron chi connectivity index (χ2n) is 4.31. The molecule has 2 aromatic carbocycles. The number of methoxy groups -OCH3 is 1. The minimum atomic E-state index is 0.635. The Bertz CT molecular complexity index is 756. The fourth-order valence-electron chi connectivity index (χ4n) is 2.52. The van der Waals surface area contributed by atoms with Crippen LogP contribution in [0.1, 0.15) is 10.4 Å². The molecule has 0 amide bonds. The van der Waals surface area contributed by atoms with Crippen molar-refractivity contribution >= 4 is 28.1 Å². The van der Waals surface area contributed by atoms with Crippen molar-refractivity contribution in [3.63, 3.8) is 0 Å². The number of carbonyl (C=O) groups excluding carboxylic acids is 1. The van der Waals surface area contributed by atoms with Crippen molar-refractivity contribution in [2.24, 2.45) is 7.05 Å². The molecule has 0 saturated heterocycles. The Morgan fingerprint density at radius 2 is 1.94 bits per heavy atom. The lowest BCUT2D eigenvalue weighted by molar-refractivity contribution is 0.112. The number of hydrogen-bond donors (Lipinski definition) is 0. The highest BCUT2D eigenvalue weighted by Gasteiger charge is 2.13. The van der Waals surface area contributed by atoms with E-state index >= 15 is 0 Å². The van der Waals surface area contributed by atoms with Gasteiger partial charge in [-0.3, -0.25) is 4.79 Å². The molecular formula is C15H13NO2. The van der Waals surface area contributed by atoms with E-state index in [1.807, 2.05) is 25.2 Å². The molecule has 90 valence electrons. The number of benzene rings is 2. The average Bonchev–Trinajstić information content (AvgIpc) is 2.72. The summed E-state index contributed by atoms with van der Waals surface area (Å²) in [5.41, 5.74) is 2.79. The van der Waals surface area contributed by atoms with E-state index in [0.29, 0.717) is 5.56 Å². The second-order valence-corrected chi connectivity index (χ2v) is 4.31. The van der Waals surface area contributed by atoms with Gasteiger partial charge in [0.1, 0.15) is 12.0 Å². The third-order valence-electron chi connectivity index (χ3n) is 3.34. The van der Waals surface area contributed by atoms with Crippen LogP contribution in [-0.2, 0) is 7.05 Å². The number of para-hydroxylation sites is 1. The molecule has 0 saturated carbocycles. The highest BCUT2D eigenvalue weighted by molar-refractivity contribution is 6.11. The van der Waals surface area contributed by atoms with Crippen molar-refractivity contribution in [3.05, 3.63) is 42.0 Å². The normalized spacial score (nSPS) is 11.0. The molecule has 0 fully saturated rings. The highest BCUT2D eigenvalue weighted by Crippen LogP contribution is 2.34. The SMILES string of the molecule is COc1cc(C=O)cc2c3ccccc3n(C)c12. The number of nitrogens with zero attached hydrogens (tertiary/aromatic N) is 1. The first kappa shape index (κ1) is 10.8. The molecule has 0 aliphatic heterocycles. The predicted octanol–water partition coefficient (Wildman–Crippen LogP) is 3.15. The molecule has 0 aliphatic rings. The van der Waals surface area contributed by atoms with E-state index in [1.165, 1.54) is 0 Å². The van der Waals surface area contributed by atoms with Gasteiger partial charge in [0.15, 0.2) is 0 Å².